The molecule has 1 heterocycles. The van der Waals surface area contributed by atoms with Crippen LogP contribution < -0.4 is 16.2 Å². The van der Waals surface area contributed by atoms with Gasteiger partial charge in [-0.15, -0.1) is 0 Å². The molecule has 0 fully saturated rings. The maximum atomic E-state index is 12.7. The Hall–Kier alpha value is -3.67. The minimum Gasteiger partial charge on any atom is -0.352 e. The summed E-state index contributed by atoms with van der Waals surface area (Å²) in [6.07, 6.45) is 2.31. The Morgan fingerprint density at radius 1 is 0.967 bits per heavy atom. The Balaban J connectivity index is 1.60. The summed E-state index contributed by atoms with van der Waals surface area (Å²) in [5, 5.41) is 5.53. The number of rotatable bonds is 7. The second-order valence-electron chi connectivity index (χ2n) is 7.23. The monoisotopic (exact) mass is 403 g/mol. The number of nitrogens with one attached hydrogen (secondary N) is 2. The van der Waals surface area contributed by atoms with E-state index in [0.717, 1.165) is 22.4 Å². The van der Waals surface area contributed by atoms with E-state index in [1.165, 1.54) is 6.92 Å². The van der Waals surface area contributed by atoms with Crippen molar-refractivity contribution in [3.63, 3.8) is 0 Å². The van der Waals surface area contributed by atoms with Gasteiger partial charge in [-0.1, -0.05) is 42.0 Å². The van der Waals surface area contributed by atoms with E-state index in [1.54, 1.807) is 22.9 Å². The maximum Gasteiger partial charge on any atom is 0.263 e. The molecule has 3 aromatic rings. The molecule has 6 heteroatoms. The van der Waals surface area contributed by atoms with Gasteiger partial charge in [0, 0.05) is 25.4 Å². The van der Waals surface area contributed by atoms with Crippen LogP contribution >= 0.6 is 0 Å². The van der Waals surface area contributed by atoms with Crippen molar-refractivity contribution in [2.24, 2.45) is 0 Å². The van der Waals surface area contributed by atoms with Crippen LogP contribution in [0, 0.1) is 6.92 Å². The smallest absolute Gasteiger partial charge is 0.263 e. The van der Waals surface area contributed by atoms with Crippen molar-refractivity contribution >= 4 is 17.5 Å². The quantitative estimate of drug-likeness (QED) is 0.636. The highest BCUT2D eigenvalue weighted by Crippen LogP contribution is 2.10. The summed E-state index contributed by atoms with van der Waals surface area (Å²) in [6, 6.07) is 18.6. The van der Waals surface area contributed by atoms with Crippen molar-refractivity contribution in [1.82, 2.24) is 9.88 Å². The summed E-state index contributed by atoms with van der Waals surface area (Å²) < 4.78 is 1.55. The fraction of sp³-hybridized carbons (Fsp3) is 0.208. The van der Waals surface area contributed by atoms with Crippen molar-refractivity contribution in [3.8, 4) is 0 Å². The normalized spacial score (nSPS) is 10.5. The lowest BCUT2D eigenvalue weighted by atomic mass is 10.1. The number of carbonyl (C=O) groups excluding carboxylic acids is 2. The molecule has 30 heavy (non-hydrogen) atoms. The molecule has 0 spiro atoms. The van der Waals surface area contributed by atoms with Gasteiger partial charge in [0.15, 0.2) is 0 Å². The number of hydrogen-bond donors (Lipinski definition) is 2. The highest BCUT2D eigenvalue weighted by atomic mass is 16.2. The molecule has 2 amide bonds. The van der Waals surface area contributed by atoms with Crippen LogP contribution in [0.3, 0.4) is 0 Å². The first-order valence-electron chi connectivity index (χ1n) is 9.82. The molecule has 0 aliphatic carbocycles. The summed E-state index contributed by atoms with van der Waals surface area (Å²) in [7, 11) is 0. The molecule has 1 aromatic heterocycles. The maximum absolute atomic E-state index is 12.7. The van der Waals surface area contributed by atoms with Gasteiger partial charge in [0.25, 0.3) is 11.5 Å². The fourth-order valence-electron chi connectivity index (χ4n) is 3.21. The van der Waals surface area contributed by atoms with Gasteiger partial charge in [0.1, 0.15) is 5.56 Å². The third-order valence-electron chi connectivity index (χ3n) is 4.67. The van der Waals surface area contributed by atoms with E-state index < -0.39 is 0 Å². The van der Waals surface area contributed by atoms with E-state index in [-0.39, 0.29) is 22.9 Å². The molecule has 2 aromatic carbocycles. The summed E-state index contributed by atoms with van der Waals surface area (Å²) >= 11 is 0. The van der Waals surface area contributed by atoms with Gasteiger partial charge < -0.3 is 15.2 Å². The van der Waals surface area contributed by atoms with Gasteiger partial charge in [-0.05, 0) is 48.7 Å². The van der Waals surface area contributed by atoms with E-state index in [0.29, 0.717) is 19.5 Å². The number of amides is 2. The predicted octanol–water partition coefficient (Wildman–Crippen LogP) is 3.14. The van der Waals surface area contributed by atoms with Gasteiger partial charge in [-0.2, -0.15) is 0 Å². The Kier molecular flexibility index (Phi) is 6.80. The lowest BCUT2D eigenvalue weighted by Crippen LogP contribution is -2.33. The SMILES string of the molecule is CC(=O)Nc1ccc(CCNC(=O)c2cccn(Cc3cccc(C)c3)c2=O)cc1. The summed E-state index contributed by atoms with van der Waals surface area (Å²) in [5.41, 5.74) is 3.71. The van der Waals surface area contributed by atoms with Crippen molar-refractivity contribution in [3.05, 3.63) is 99.5 Å². The number of hydrogen-bond acceptors (Lipinski definition) is 3. The molecule has 154 valence electrons. The number of pyridine rings is 1. The van der Waals surface area contributed by atoms with E-state index in [2.05, 4.69) is 10.6 Å². The summed E-state index contributed by atoms with van der Waals surface area (Å²) in [6.45, 7) is 4.29. The first kappa shape index (κ1) is 21.0. The standard InChI is InChI=1S/C24H25N3O3/c1-17-5-3-6-20(15-17)16-27-14-4-7-22(24(27)30)23(29)25-13-12-19-8-10-21(11-9-19)26-18(2)28/h3-11,14-15H,12-13,16H2,1-2H3,(H,25,29)(H,26,28). The van der Waals surface area contributed by atoms with Crippen molar-refractivity contribution < 1.29 is 9.59 Å². The van der Waals surface area contributed by atoms with E-state index in [1.807, 2.05) is 55.5 Å². The molecule has 0 saturated heterocycles. The lowest BCUT2D eigenvalue weighted by molar-refractivity contribution is -0.114. The van der Waals surface area contributed by atoms with Crippen LogP contribution in [0.1, 0.15) is 34.0 Å². The minimum absolute atomic E-state index is 0.120. The number of benzene rings is 2. The third-order valence-corrected chi connectivity index (χ3v) is 4.67. The summed E-state index contributed by atoms with van der Waals surface area (Å²) in [5.74, 6) is -0.501. The average Bonchev–Trinajstić information content (AvgIpc) is 2.70. The molecule has 6 nitrogen and oxygen atoms in total. The van der Waals surface area contributed by atoms with E-state index >= 15 is 0 Å². The molecule has 0 unspecified atom stereocenters. The third kappa shape index (κ3) is 5.67. The number of aryl methyl sites for hydroxylation is 1. The first-order chi connectivity index (χ1) is 14.4. The highest BCUT2D eigenvalue weighted by molar-refractivity contribution is 5.93. The first-order valence-corrected chi connectivity index (χ1v) is 9.82. The Labute approximate surface area is 175 Å². The molecule has 0 bridgehead atoms. The number of nitrogens with zero attached hydrogens (tertiary/aromatic N) is 1. The van der Waals surface area contributed by atoms with Crippen molar-refractivity contribution in [2.75, 3.05) is 11.9 Å². The van der Waals surface area contributed by atoms with Gasteiger partial charge in [0.2, 0.25) is 5.91 Å². The van der Waals surface area contributed by atoms with Crippen LogP contribution in [-0.4, -0.2) is 22.9 Å². The van der Waals surface area contributed by atoms with Gasteiger partial charge in [0.05, 0.1) is 6.54 Å². The zero-order chi connectivity index (χ0) is 21.5. The highest BCUT2D eigenvalue weighted by Gasteiger charge is 2.12. The fourth-order valence-corrected chi connectivity index (χ4v) is 3.21. The Morgan fingerprint density at radius 3 is 2.43 bits per heavy atom. The lowest BCUT2D eigenvalue weighted by Gasteiger charge is -2.10. The molecule has 3 rings (SSSR count). The summed E-state index contributed by atoms with van der Waals surface area (Å²) in [4.78, 5) is 36.3. The van der Waals surface area contributed by atoms with Gasteiger partial charge in [-0.3, -0.25) is 14.4 Å². The molecule has 0 aliphatic heterocycles. The molecule has 2 N–H and O–H groups in total. The second kappa shape index (κ2) is 9.69. The molecular formula is C24H25N3O3. The van der Waals surface area contributed by atoms with Gasteiger partial charge >= 0.3 is 0 Å². The van der Waals surface area contributed by atoms with Gasteiger partial charge in [-0.25, -0.2) is 0 Å². The number of anilines is 1. The van der Waals surface area contributed by atoms with Crippen LogP contribution in [0.15, 0.2) is 71.7 Å². The molecule has 0 atom stereocenters. The molecule has 0 aliphatic rings. The Morgan fingerprint density at radius 2 is 1.73 bits per heavy atom. The average molecular weight is 403 g/mol. The largest absolute Gasteiger partial charge is 0.352 e. The predicted molar refractivity (Wildman–Crippen MR) is 118 cm³/mol. The number of carbonyl (C=O) groups is 2. The van der Waals surface area contributed by atoms with Crippen LogP contribution in [-0.2, 0) is 17.8 Å². The second-order valence-corrected chi connectivity index (χ2v) is 7.23. The molecule has 0 saturated carbocycles. The number of aromatic nitrogens is 1. The molecule has 0 radical (unpaired) electrons. The van der Waals surface area contributed by atoms with Crippen LogP contribution in [0.5, 0.6) is 0 Å². The Bertz CT molecular complexity index is 1100. The van der Waals surface area contributed by atoms with E-state index in [4.69, 9.17) is 0 Å². The minimum atomic E-state index is -0.381. The van der Waals surface area contributed by atoms with Crippen molar-refractivity contribution in [1.29, 1.82) is 0 Å². The topological polar surface area (TPSA) is 80.2 Å². The molecular weight excluding hydrogens is 378 g/mol. The van der Waals surface area contributed by atoms with Crippen LogP contribution in [0.4, 0.5) is 5.69 Å². The van der Waals surface area contributed by atoms with E-state index in [9.17, 15) is 14.4 Å². The van der Waals surface area contributed by atoms with Crippen molar-refractivity contribution in [2.45, 2.75) is 26.8 Å². The van der Waals surface area contributed by atoms with Crippen LogP contribution in [0.25, 0.3) is 0 Å². The zero-order valence-electron chi connectivity index (χ0n) is 17.1. The zero-order valence-corrected chi connectivity index (χ0v) is 17.1. The van der Waals surface area contributed by atoms with Crippen LogP contribution in [0.2, 0.25) is 0 Å².